The number of thiophene rings is 1. The van der Waals surface area contributed by atoms with Gasteiger partial charge in [-0.1, -0.05) is 36.4 Å². The maximum Gasteiger partial charge on any atom is 0.0968 e. The third kappa shape index (κ3) is 4.31. The van der Waals surface area contributed by atoms with Gasteiger partial charge in [-0.2, -0.15) is 10.4 Å². The summed E-state index contributed by atoms with van der Waals surface area (Å²) < 4.78 is 1.88. The molecule has 0 spiro atoms. The Balaban J connectivity index is 1.68. The monoisotopic (exact) mass is 336 g/mol. The zero-order chi connectivity index (χ0) is 16.6. The van der Waals surface area contributed by atoms with Gasteiger partial charge in [-0.05, 0) is 17.9 Å². The zero-order valence-corrected chi connectivity index (χ0v) is 14.3. The lowest BCUT2D eigenvalue weighted by atomic mass is 10.1. The van der Waals surface area contributed by atoms with Crippen molar-refractivity contribution in [2.24, 2.45) is 0 Å². The van der Waals surface area contributed by atoms with Crippen molar-refractivity contribution in [3.63, 3.8) is 0 Å². The molecular formula is C19H20N4S. The molecule has 0 aliphatic carbocycles. The average molecular weight is 336 g/mol. The van der Waals surface area contributed by atoms with Gasteiger partial charge in [0.2, 0.25) is 0 Å². The molecule has 1 N–H and O–H groups in total. The summed E-state index contributed by atoms with van der Waals surface area (Å²) in [5.41, 5.74) is 3.28. The molecule has 0 radical (unpaired) electrons. The number of hydrogen-bond donors (Lipinski definition) is 1. The first-order chi connectivity index (χ1) is 11.9. The van der Waals surface area contributed by atoms with Crippen molar-refractivity contribution < 1.29 is 0 Å². The summed E-state index contributed by atoms with van der Waals surface area (Å²) in [7, 11) is 0. The highest BCUT2D eigenvalue weighted by Gasteiger charge is 2.10. The first-order valence-electron chi connectivity index (χ1n) is 8.08. The highest BCUT2D eigenvalue weighted by molar-refractivity contribution is 7.09. The second-order valence-electron chi connectivity index (χ2n) is 5.55. The van der Waals surface area contributed by atoms with Gasteiger partial charge >= 0.3 is 0 Å². The fourth-order valence-electron chi connectivity index (χ4n) is 2.60. The van der Waals surface area contributed by atoms with Crippen molar-refractivity contribution in [2.45, 2.75) is 25.9 Å². The van der Waals surface area contributed by atoms with Crippen LogP contribution >= 0.6 is 11.3 Å². The standard InChI is InChI=1S/C19H20N4S/c20-10-5-12-23-15-17(14-21-11-9-18-8-4-13-24-18)19(22-23)16-6-2-1-3-7-16/h1-4,6-8,13,15,21H,5,9,11-12,14H2. The van der Waals surface area contributed by atoms with Crippen LogP contribution in [0.3, 0.4) is 0 Å². The average Bonchev–Trinajstić information content (AvgIpc) is 3.27. The van der Waals surface area contributed by atoms with Gasteiger partial charge in [-0.25, -0.2) is 0 Å². The minimum absolute atomic E-state index is 0.473. The molecular weight excluding hydrogens is 316 g/mol. The van der Waals surface area contributed by atoms with Crippen molar-refractivity contribution in [2.75, 3.05) is 6.54 Å². The number of nitriles is 1. The van der Waals surface area contributed by atoms with E-state index < -0.39 is 0 Å². The quantitative estimate of drug-likeness (QED) is 0.636. The Morgan fingerprint density at radius 1 is 1.17 bits per heavy atom. The molecule has 0 aliphatic heterocycles. The number of rotatable bonds is 8. The number of aryl methyl sites for hydroxylation is 1. The normalized spacial score (nSPS) is 10.6. The molecule has 0 bridgehead atoms. The predicted octanol–water partition coefficient (Wildman–Crippen LogP) is 3.86. The van der Waals surface area contributed by atoms with Gasteiger partial charge in [0, 0.05) is 35.3 Å². The van der Waals surface area contributed by atoms with E-state index in [-0.39, 0.29) is 0 Å². The molecule has 0 unspecified atom stereocenters. The largest absolute Gasteiger partial charge is 0.312 e. The van der Waals surface area contributed by atoms with Crippen LogP contribution in [-0.2, 0) is 19.5 Å². The summed E-state index contributed by atoms with van der Waals surface area (Å²) >= 11 is 1.80. The third-order valence-corrected chi connectivity index (χ3v) is 4.72. The summed E-state index contributed by atoms with van der Waals surface area (Å²) in [5.74, 6) is 0. The van der Waals surface area contributed by atoms with Crippen LogP contribution in [0.4, 0.5) is 0 Å². The number of benzene rings is 1. The van der Waals surface area contributed by atoms with E-state index in [9.17, 15) is 0 Å². The summed E-state index contributed by atoms with van der Waals surface area (Å²) in [5, 5.41) is 19.1. The lowest BCUT2D eigenvalue weighted by Crippen LogP contribution is -2.16. The number of nitrogens with one attached hydrogen (secondary N) is 1. The van der Waals surface area contributed by atoms with E-state index in [1.54, 1.807) is 11.3 Å². The molecule has 2 heterocycles. The molecule has 4 nitrogen and oxygen atoms in total. The van der Waals surface area contributed by atoms with Crippen LogP contribution in [-0.4, -0.2) is 16.3 Å². The molecule has 24 heavy (non-hydrogen) atoms. The van der Waals surface area contributed by atoms with Gasteiger partial charge in [-0.3, -0.25) is 4.68 Å². The summed E-state index contributed by atoms with van der Waals surface area (Å²) in [4.78, 5) is 1.40. The van der Waals surface area contributed by atoms with E-state index in [0.717, 1.165) is 30.8 Å². The first-order valence-corrected chi connectivity index (χ1v) is 8.96. The third-order valence-electron chi connectivity index (χ3n) is 3.78. The van der Waals surface area contributed by atoms with Gasteiger partial charge in [0.05, 0.1) is 24.7 Å². The van der Waals surface area contributed by atoms with Crippen LogP contribution in [0.25, 0.3) is 11.3 Å². The predicted molar refractivity (Wildman–Crippen MR) is 97.6 cm³/mol. The van der Waals surface area contributed by atoms with E-state index >= 15 is 0 Å². The Labute approximate surface area is 146 Å². The SMILES string of the molecule is N#CCCn1cc(CNCCc2cccs2)c(-c2ccccc2)n1. The molecule has 0 amide bonds. The molecule has 0 atom stereocenters. The van der Waals surface area contributed by atoms with Crippen molar-refractivity contribution in [3.05, 3.63) is 64.5 Å². The summed E-state index contributed by atoms with van der Waals surface area (Å²) in [6.07, 6.45) is 3.57. The second-order valence-corrected chi connectivity index (χ2v) is 6.58. The smallest absolute Gasteiger partial charge is 0.0968 e. The van der Waals surface area contributed by atoms with E-state index in [0.29, 0.717) is 13.0 Å². The second kappa shape index (κ2) is 8.44. The fraction of sp³-hybridized carbons (Fsp3) is 0.263. The van der Waals surface area contributed by atoms with Crippen molar-refractivity contribution in [1.82, 2.24) is 15.1 Å². The van der Waals surface area contributed by atoms with E-state index in [1.807, 2.05) is 22.9 Å². The molecule has 3 aromatic rings. The molecule has 1 aromatic carbocycles. The number of hydrogen-bond acceptors (Lipinski definition) is 4. The molecule has 2 aromatic heterocycles. The molecule has 3 rings (SSSR count). The fourth-order valence-corrected chi connectivity index (χ4v) is 3.31. The molecule has 0 aliphatic rings. The van der Waals surface area contributed by atoms with Gasteiger partial charge < -0.3 is 5.32 Å². The van der Waals surface area contributed by atoms with Crippen LogP contribution in [0.1, 0.15) is 16.9 Å². The van der Waals surface area contributed by atoms with E-state index in [1.165, 1.54) is 10.4 Å². The van der Waals surface area contributed by atoms with Crippen molar-refractivity contribution >= 4 is 11.3 Å². The van der Waals surface area contributed by atoms with Gasteiger partial charge in [0.15, 0.2) is 0 Å². The maximum absolute atomic E-state index is 8.78. The lowest BCUT2D eigenvalue weighted by molar-refractivity contribution is 0.627. The number of aromatic nitrogens is 2. The zero-order valence-electron chi connectivity index (χ0n) is 13.5. The Morgan fingerprint density at radius 2 is 2.04 bits per heavy atom. The van der Waals surface area contributed by atoms with Crippen molar-refractivity contribution in [3.8, 4) is 17.3 Å². The van der Waals surface area contributed by atoms with Gasteiger partial charge in [0.1, 0.15) is 0 Å². The van der Waals surface area contributed by atoms with Crippen LogP contribution in [0, 0.1) is 11.3 Å². The topological polar surface area (TPSA) is 53.6 Å². The number of nitrogens with zero attached hydrogens (tertiary/aromatic N) is 3. The molecule has 0 fully saturated rings. The molecule has 122 valence electrons. The molecule has 0 saturated heterocycles. The summed E-state index contributed by atoms with van der Waals surface area (Å²) in [6.45, 7) is 2.35. The van der Waals surface area contributed by atoms with Crippen LogP contribution in [0.2, 0.25) is 0 Å². The molecule has 5 heteroatoms. The Hall–Kier alpha value is -2.42. The van der Waals surface area contributed by atoms with Crippen LogP contribution in [0.15, 0.2) is 54.0 Å². The first kappa shape index (κ1) is 16.4. The molecule has 0 saturated carbocycles. The van der Waals surface area contributed by atoms with E-state index in [2.05, 4.69) is 52.3 Å². The Bertz CT molecular complexity index is 785. The highest BCUT2D eigenvalue weighted by atomic mass is 32.1. The van der Waals surface area contributed by atoms with Crippen molar-refractivity contribution in [1.29, 1.82) is 5.26 Å². The maximum atomic E-state index is 8.78. The highest BCUT2D eigenvalue weighted by Crippen LogP contribution is 2.22. The van der Waals surface area contributed by atoms with E-state index in [4.69, 9.17) is 5.26 Å². The minimum atomic E-state index is 0.473. The van der Waals surface area contributed by atoms with Crippen LogP contribution in [0.5, 0.6) is 0 Å². The van der Waals surface area contributed by atoms with Gasteiger partial charge in [0.25, 0.3) is 0 Å². The van der Waals surface area contributed by atoms with Crippen LogP contribution < -0.4 is 5.32 Å². The summed E-state index contributed by atoms with van der Waals surface area (Å²) in [6, 6.07) is 16.6. The van der Waals surface area contributed by atoms with Gasteiger partial charge in [-0.15, -0.1) is 11.3 Å². The Kier molecular flexibility index (Phi) is 5.78. The Morgan fingerprint density at radius 3 is 2.79 bits per heavy atom. The lowest BCUT2D eigenvalue weighted by Gasteiger charge is -2.04. The minimum Gasteiger partial charge on any atom is -0.312 e.